The first-order valence-electron chi connectivity index (χ1n) is 8.29. The highest BCUT2D eigenvalue weighted by Crippen LogP contribution is 2.16. The summed E-state index contributed by atoms with van der Waals surface area (Å²) in [7, 11) is 0. The van der Waals surface area contributed by atoms with Crippen molar-refractivity contribution in [2.45, 2.75) is 13.5 Å². The van der Waals surface area contributed by atoms with Crippen LogP contribution in [0.4, 0.5) is 5.69 Å². The van der Waals surface area contributed by atoms with E-state index in [1.165, 1.54) is 28.2 Å². The Morgan fingerprint density at radius 3 is 2.63 bits per heavy atom. The molecule has 0 atom stereocenters. The molecule has 0 saturated carbocycles. The number of amides is 1. The first-order valence-corrected chi connectivity index (χ1v) is 8.29. The molecule has 9 nitrogen and oxygen atoms in total. The maximum atomic E-state index is 12.8. The normalized spacial score (nSPS) is 10.9. The van der Waals surface area contributed by atoms with Crippen LogP contribution >= 0.6 is 0 Å². The second-order valence-electron chi connectivity index (χ2n) is 5.71. The molecule has 3 heterocycles. The van der Waals surface area contributed by atoms with Gasteiger partial charge in [0.25, 0.3) is 11.5 Å². The number of pyridine rings is 1. The fourth-order valence-corrected chi connectivity index (χ4v) is 2.73. The summed E-state index contributed by atoms with van der Waals surface area (Å²) in [4.78, 5) is 33.3. The second kappa shape index (κ2) is 6.79. The average Bonchev–Trinajstić information content (AvgIpc) is 3.24. The molecule has 27 heavy (non-hydrogen) atoms. The van der Waals surface area contributed by atoms with Crippen molar-refractivity contribution in [2.24, 2.45) is 0 Å². The number of benzene rings is 1. The first kappa shape index (κ1) is 16.6. The highest BCUT2D eigenvalue weighted by molar-refractivity contribution is 6.11. The maximum Gasteiger partial charge on any atom is 0.276 e. The molecule has 0 fully saturated rings. The van der Waals surface area contributed by atoms with Gasteiger partial charge in [-0.2, -0.15) is 10.2 Å². The van der Waals surface area contributed by atoms with E-state index < -0.39 is 5.91 Å². The van der Waals surface area contributed by atoms with Gasteiger partial charge >= 0.3 is 0 Å². The fraction of sp³-hybridized carbons (Fsp3) is 0.111. The summed E-state index contributed by atoms with van der Waals surface area (Å²) in [5.74, 6) is 0.164. The van der Waals surface area contributed by atoms with Crippen LogP contribution in [-0.2, 0) is 6.54 Å². The summed E-state index contributed by atoms with van der Waals surface area (Å²) in [5.41, 5.74) is 0.472. The Bertz CT molecular complexity index is 1160. The van der Waals surface area contributed by atoms with Crippen LogP contribution in [-0.4, -0.2) is 35.4 Å². The Kier molecular flexibility index (Phi) is 4.17. The van der Waals surface area contributed by atoms with E-state index in [1.807, 2.05) is 0 Å². The Morgan fingerprint density at radius 2 is 1.96 bits per heavy atom. The lowest BCUT2D eigenvalue weighted by Gasteiger charge is -2.10. The number of aryl methyl sites for hydroxylation is 1. The van der Waals surface area contributed by atoms with Gasteiger partial charge in [-0.3, -0.25) is 9.59 Å². The molecule has 1 aromatic carbocycles. The highest BCUT2D eigenvalue weighted by Gasteiger charge is 2.16. The maximum absolute atomic E-state index is 12.8. The second-order valence-corrected chi connectivity index (χ2v) is 5.71. The lowest BCUT2D eigenvalue weighted by Crippen LogP contribution is -2.27. The molecule has 0 saturated heterocycles. The third-order valence-electron chi connectivity index (χ3n) is 4.04. The number of nitrogens with zero attached hydrogens (tertiary/aromatic N) is 6. The van der Waals surface area contributed by atoms with Gasteiger partial charge in [-0.15, -0.1) is 0 Å². The molecular formula is C18H15N7O2. The number of aromatic nitrogens is 6. The topological polar surface area (TPSA) is 108 Å². The summed E-state index contributed by atoms with van der Waals surface area (Å²) in [6, 6.07) is 10.4. The molecule has 4 aromatic rings. The van der Waals surface area contributed by atoms with Gasteiger partial charge in [0.1, 0.15) is 12.7 Å². The number of anilines is 1. The zero-order valence-corrected chi connectivity index (χ0v) is 14.4. The number of carbonyl (C=O) groups excluding carboxylic acids is 1. The van der Waals surface area contributed by atoms with Crippen molar-refractivity contribution >= 4 is 22.4 Å². The van der Waals surface area contributed by atoms with Gasteiger partial charge in [0.2, 0.25) is 0 Å². The number of carbonyl (C=O) groups is 1. The zero-order valence-electron chi connectivity index (χ0n) is 14.4. The summed E-state index contributed by atoms with van der Waals surface area (Å²) >= 11 is 0. The average molecular weight is 361 g/mol. The van der Waals surface area contributed by atoms with Gasteiger partial charge in [-0.1, -0.05) is 18.2 Å². The monoisotopic (exact) mass is 361 g/mol. The van der Waals surface area contributed by atoms with Crippen molar-refractivity contribution in [1.82, 2.24) is 29.5 Å². The SMILES string of the molecule is CCn1nc(C(=O)Nc2ccc(-n3cncn3)nc2)c2ccccc2c1=O. The largest absolute Gasteiger partial charge is 0.319 e. The predicted molar refractivity (Wildman–Crippen MR) is 98.8 cm³/mol. The molecule has 0 aliphatic carbocycles. The van der Waals surface area contributed by atoms with Crippen LogP contribution in [0.5, 0.6) is 0 Å². The smallest absolute Gasteiger partial charge is 0.276 e. The molecule has 0 spiro atoms. The number of hydrogen-bond donors (Lipinski definition) is 1. The minimum absolute atomic E-state index is 0.187. The summed E-state index contributed by atoms with van der Waals surface area (Å²) in [6.45, 7) is 2.18. The Labute approximate surface area is 153 Å². The van der Waals surface area contributed by atoms with E-state index >= 15 is 0 Å². The molecule has 1 amide bonds. The van der Waals surface area contributed by atoms with Crippen molar-refractivity contribution in [2.75, 3.05) is 5.32 Å². The van der Waals surface area contributed by atoms with E-state index in [2.05, 4.69) is 25.5 Å². The molecular weight excluding hydrogens is 346 g/mol. The molecule has 0 radical (unpaired) electrons. The third-order valence-corrected chi connectivity index (χ3v) is 4.04. The van der Waals surface area contributed by atoms with Crippen LogP contribution in [0.15, 0.2) is 60.0 Å². The fourth-order valence-electron chi connectivity index (χ4n) is 2.73. The van der Waals surface area contributed by atoms with Gasteiger partial charge in [0.15, 0.2) is 11.5 Å². The summed E-state index contributed by atoms with van der Waals surface area (Å²) in [5, 5.41) is 12.0. The molecule has 3 aromatic heterocycles. The number of fused-ring (bicyclic) bond motifs is 1. The van der Waals surface area contributed by atoms with Gasteiger partial charge in [-0.05, 0) is 25.1 Å². The number of rotatable bonds is 4. The minimum Gasteiger partial charge on any atom is -0.319 e. The quantitative estimate of drug-likeness (QED) is 0.592. The van der Waals surface area contributed by atoms with Gasteiger partial charge in [0, 0.05) is 11.9 Å². The van der Waals surface area contributed by atoms with Crippen molar-refractivity contribution in [3.63, 3.8) is 0 Å². The molecule has 0 aliphatic heterocycles. The van der Waals surface area contributed by atoms with Crippen LogP contribution in [0.25, 0.3) is 16.6 Å². The highest BCUT2D eigenvalue weighted by atomic mass is 16.2. The van der Waals surface area contributed by atoms with E-state index in [1.54, 1.807) is 43.3 Å². The lowest BCUT2D eigenvalue weighted by atomic mass is 10.1. The Balaban J connectivity index is 1.67. The molecule has 0 bridgehead atoms. The molecule has 1 N–H and O–H groups in total. The van der Waals surface area contributed by atoms with Gasteiger partial charge in [0.05, 0.1) is 17.3 Å². The predicted octanol–water partition coefficient (Wildman–Crippen LogP) is 1.64. The Morgan fingerprint density at radius 1 is 1.15 bits per heavy atom. The van der Waals surface area contributed by atoms with E-state index in [4.69, 9.17) is 0 Å². The molecule has 9 heteroatoms. The molecule has 4 rings (SSSR count). The molecule has 134 valence electrons. The number of hydrogen-bond acceptors (Lipinski definition) is 6. The van der Waals surface area contributed by atoms with Crippen LogP contribution in [0, 0.1) is 0 Å². The molecule has 0 unspecified atom stereocenters. The van der Waals surface area contributed by atoms with Crippen LogP contribution in [0.2, 0.25) is 0 Å². The standard InChI is InChI=1S/C18H15N7O2/c1-2-24-18(27)14-6-4-3-5-13(14)16(23-24)17(26)22-12-7-8-15(20-9-12)25-11-19-10-21-25/h3-11H,2H2,1H3,(H,22,26). The molecule has 0 aliphatic rings. The lowest BCUT2D eigenvalue weighted by molar-refractivity contribution is 0.102. The summed E-state index contributed by atoms with van der Waals surface area (Å²) in [6.07, 6.45) is 4.47. The van der Waals surface area contributed by atoms with E-state index in [0.717, 1.165) is 0 Å². The Hall–Kier alpha value is -3.88. The van der Waals surface area contributed by atoms with Crippen LogP contribution in [0.1, 0.15) is 17.4 Å². The first-order chi connectivity index (χ1) is 13.2. The van der Waals surface area contributed by atoms with Crippen molar-refractivity contribution in [3.8, 4) is 5.82 Å². The van der Waals surface area contributed by atoms with Crippen LogP contribution in [0.3, 0.4) is 0 Å². The zero-order chi connectivity index (χ0) is 18.8. The van der Waals surface area contributed by atoms with E-state index in [0.29, 0.717) is 28.8 Å². The summed E-state index contributed by atoms with van der Waals surface area (Å²) < 4.78 is 2.79. The van der Waals surface area contributed by atoms with Gasteiger partial charge in [-0.25, -0.2) is 19.3 Å². The van der Waals surface area contributed by atoms with Crippen molar-refractivity contribution < 1.29 is 4.79 Å². The van der Waals surface area contributed by atoms with Crippen molar-refractivity contribution in [1.29, 1.82) is 0 Å². The van der Waals surface area contributed by atoms with E-state index in [9.17, 15) is 9.59 Å². The van der Waals surface area contributed by atoms with Crippen molar-refractivity contribution in [3.05, 3.63) is 71.3 Å². The third kappa shape index (κ3) is 3.06. The van der Waals surface area contributed by atoms with Gasteiger partial charge < -0.3 is 5.32 Å². The van der Waals surface area contributed by atoms with E-state index in [-0.39, 0.29) is 11.3 Å². The number of nitrogens with one attached hydrogen (secondary N) is 1. The van der Waals surface area contributed by atoms with Crippen LogP contribution < -0.4 is 10.9 Å². The minimum atomic E-state index is -0.413.